The molecule has 0 radical (unpaired) electrons. The minimum Gasteiger partial charge on any atom is -0.487 e. The predicted octanol–water partition coefficient (Wildman–Crippen LogP) is 3.39. The fourth-order valence-electron chi connectivity index (χ4n) is 2.30. The van der Waals surface area contributed by atoms with Crippen molar-refractivity contribution in [3.63, 3.8) is 0 Å². The van der Waals surface area contributed by atoms with E-state index < -0.39 is 11.8 Å². The van der Waals surface area contributed by atoms with Gasteiger partial charge >= 0.3 is 0 Å². The monoisotopic (exact) mass is 590 g/mol. The molecule has 5 nitrogen and oxygen atoms in total. The zero-order chi connectivity index (χ0) is 18.7. The summed E-state index contributed by atoms with van der Waals surface area (Å²) in [5, 5.41) is 4.87. The number of ether oxygens (including phenoxy) is 1. The third kappa shape index (κ3) is 4.60. The van der Waals surface area contributed by atoms with E-state index in [1.165, 1.54) is 6.08 Å². The number of rotatable bonds is 4. The van der Waals surface area contributed by atoms with Gasteiger partial charge in [-0.1, -0.05) is 30.3 Å². The van der Waals surface area contributed by atoms with E-state index in [9.17, 15) is 9.59 Å². The number of carbonyl (C=O) groups is 2. The second-order valence-corrected chi connectivity index (χ2v) is 8.12. The van der Waals surface area contributed by atoms with E-state index in [0.29, 0.717) is 6.61 Å². The van der Waals surface area contributed by atoms with Crippen molar-refractivity contribution in [1.82, 2.24) is 10.6 Å². The highest BCUT2D eigenvalue weighted by Crippen LogP contribution is 2.30. The van der Waals surface area contributed by atoms with Crippen molar-refractivity contribution in [3.8, 4) is 5.75 Å². The molecule has 0 aliphatic carbocycles. The maximum Gasteiger partial charge on any atom is 0.263 e. The molecule has 8 heteroatoms. The highest BCUT2D eigenvalue weighted by molar-refractivity contribution is 14.1. The van der Waals surface area contributed by atoms with Gasteiger partial charge in [-0.25, -0.2) is 0 Å². The first-order chi connectivity index (χ1) is 12.4. The Hall–Kier alpha value is -1.53. The van der Waals surface area contributed by atoms with E-state index in [2.05, 4.69) is 55.8 Å². The number of halogens is 2. The lowest BCUT2D eigenvalue weighted by Gasteiger charge is -2.16. The Morgan fingerprint density at radius 1 is 1.00 bits per heavy atom. The Morgan fingerprint density at radius 3 is 2.15 bits per heavy atom. The van der Waals surface area contributed by atoms with Gasteiger partial charge in [0.05, 0.1) is 7.14 Å². The summed E-state index contributed by atoms with van der Waals surface area (Å²) >= 11 is 9.16. The largest absolute Gasteiger partial charge is 0.487 e. The molecule has 2 N–H and O–H groups in total. The van der Waals surface area contributed by atoms with E-state index >= 15 is 0 Å². The highest BCUT2D eigenvalue weighted by Gasteiger charge is 2.25. The molecule has 1 saturated heterocycles. The lowest BCUT2D eigenvalue weighted by Crippen LogP contribution is -2.51. The van der Waals surface area contributed by atoms with Crippen LogP contribution in [0.4, 0.5) is 0 Å². The van der Waals surface area contributed by atoms with Crippen molar-refractivity contribution in [2.75, 3.05) is 0 Å². The van der Waals surface area contributed by atoms with Crippen LogP contribution in [0.2, 0.25) is 0 Å². The van der Waals surface area contributed by atoms with Crippen molar-refractivity contribution in [3.05, 3.63) is 66.3 Å². The Labute approximate surface area is 182 Å². The molecule has 0 spiro atoms. The number of hydrogen-bond donors (Lipinski definition) is 2. The fraction of sp³-hybridized carbons (Fsp3) is 0.0556. The lowest BCUT2D eigenvalue weighted by molar-refractivity contribution is -0.123. The molecule has 1 heterocycles. The van der Waals surface area contributed by atoms with Crippen molar-refractivity contribution >= 4 is 80.4 Å². The molecule has 0 bridgehead atoms. The Morgan fingerprint density at radius 2 is 1.58 bits per heavy atom. The summed E-state index contributed by atoms with van der Waals surface area (Å²) in [7, 11) is 0. The summed E-state index contributed by atoms with van der Waals surface area (Å²) in [6, 6.07) is 13.6. The average molecular weight is 590 g/mol. The van der Waals surface area contributed by atoms with Crippen LogP contribution in [0.1, 0.15) is 11.1 Å². The van der Waals surface area contributed by atoms with Crippen LogP contribution in [0, 0.1) is 7.14 Å². The molecule has 2 amide bonds. The number of carbonyl (C=O) groups excluding carboxylic acids is 2. The van der Waals surface area contributed by atoms with Gasteiger partial charge in [-0.3, -0.25) is 20.2 Å². The van der Waals surface area contributed by atoms with Gasteiger partial charge in [0.15, 0.2) is 5.11 Å². The van der Waals surface area contributed by atoms with Crippen LogP contribution in [0.3, 0.4) is 0 Å². The van der Waals surface area contributed by atoms with Crippen LogP contribution in [0.25, 0.3) is 6.08 Å². The smallest absolute Gasteiger partial charge is 0.263 e. The molecule has 3 rings (SSSR count). The van der Waals surface area contributed by atoms with Crippen LogP contribution < -0.4 is 15.4 Å². The third-order valence-corrected chi connectivity index (χ3v) is 5.31. The summed E-state index contributed by atoms with van der Waals surface area (Å²) in [5.74, 6) is -0.239. The van der Waals surface area contributed by atoms with Crippen molar-refractivity contribution in [1.29, 1.82) is 0 Å². The first-order valence-electron chi connectivity index (χ1n) is 7.48. The van der Waals surface area contributed by atoms with Gasteiger partial charge < -0.3 is 4.74 Å². The molecule has 132 valence electrons. The van der Waals surface area contributed by atoms with E-state index in [1.54, 1.807) is 0 Å². The molecule has 1 aliphatic rings. The number of thiocarbonyl (C=S) groups is 1. The third-order valence-electron chi connectivity index (χ3n) is 3.50. The van der Waals surface area contributed by atoms with Crippen LogP contribution >= 0.6 is 57.4 Å². The van der Waals surface area contributed by atoms with E-state index in [4.69, 9.17) is 17.0 Å². The molecule has 0 unspecified atom stereocenters. The average Bonchev–Trinajstić information content (AvgIpc) is 2.58. The predicted molar refractivity (Wildman–Crippen MR) is 120 cm³/mol. The quantitative estimate of drug-likeness (QED) is 0.248. The van der Waals surface area contributed by atoms with Crippen LogP contribution in [-0.2, 0) is 16.2 Å². The van der Waals surface area contributed by atoms with Gasteiger partial charge in [-0.15, -0.1) is 0 Å². The van der Waals surface area contributed by atoms with E-state index in [-0.39, 0.29) is 10.7 Å². The van der Waals surface area contributed by atoms with Gasteiger partial charge in [0.1, 0.15) is 17.9 Å². The molecule has 1 aliphatic heterocycles. The van der Waals surface area contributed by atoms with Crippen LogP contribution in [0.5, 0.6) is 5.75 Å². The summed E-state index contributed by atoms with van der Waals surface area (Å²) in [6.45, 7) is 0.468. The molecule has 26 heavy (non-hydrogen) atoms. The standard InChI is InChI=1S/C18H12I2N2O3S/c19-13-7-11(6-12-16(23)21-18(26)22-17(12)24)8-14(20)15(13)25-9-10-4-2-1-3-5-10/h1-8H,9H2,(H2,21,22,23,24,26). The van der Waals surface area contributed by atoms with E-state index in [1.807, 2.05) is 42.5 Å². The Bertz CT molecular complexity index is 884. The first kappa shape index (κ1) is 19.2. The molecule has 0 atom stereocenters. The molecule has 2 aromatic carbocycles. The van der Waals surface area contributed by atoms with Crippen LogP contribution in [-0.4, -0.2) is 16.9 Å². The summed E-state index contributed by atoms with van der Waals surface area (Å²) < 4.78 is 7.73. The fourth-order valence-corrected chi connectivity index (χ4v) is 4.62. The number of benzene rings is 2. The lowest BCUT2D eigenvalue weighted by atomic mass is 10.1. The molecule has 0 saturated carbocycles. The zero-order valence-corrected chi connectivity index (χ0v) is 18.3. The first-order valence-corrected chi connectivity index (χ1v) is 10.0. The van der Waals surface area contributed by atoms with Gasteiger partial charge in [0, 0.05) is 0 Å². The van der Waals surface area contributed by atoms with Crippen LogP contribution in [0.15, 0.2) is 48.0 Å². The van der Waals surface area contributed by atoms with Crippen molar-refractivity contribution in [2.24, 2.45) is 0 Å². The molecule has 0 aromatic heterocycles. The Balaban J connectivity index is 1.83. The molecular formula is C18H12I2N2O3S. The Kier molecular flexibility index (Phi) is 6.24. The number of hydrogen-bond acceptors (Lipinski definition) is 4. The van der Waals surface area contributed by atoms with E-state index in [0.717, 1.165) is 24.0 Å². The highest BCUT2D eigenvalue weighted by atomic mass is 127. The van der Waals surface area contributed by atoms with Gasteiger partial charge in [0.2, 0.25) is 0 Å². The van der Waals surface area contributed by atoms with Crippen molar-refractivity contribution in [2.45, 2.75) is 6.61 Å². The maximum atomic E-state index is 12.0. The summed E-state index contributed by atoms with van der Waals surface area (Å²) in [5.41, 5.74) is 1.83. The minimum atomic E-state index is -0.506. The number of nitrogens with one attached hydrogen (secondary N) is 2. The molecule has 2 aromatic rings. The number of amides is 2. The SMILES string of the molecule is O=C1NC(=S)NC(=O)C1=Cc1cc(I)c(OCc2ccccc2)c(I)c1. The van der Waals surface area contributed by atoms with Gasteiger partial charge in [0.25, 0.3) is 11.8 Å². The zero-order valence-electron chi connectivity index (χ0n) is 13.2. The topological polar surface area (TPSA) is 67.4 Å². The minimum absolute atomic E-state index is 0.0168. The normalized spacial score (nSPS) is 13.9. The second-order valence-electron chi connectivity index (χ2n) is 5.38. The summed E-state index contributed by atoms with van der Waals surface area (Å²) in [4.78, 5) is 23.9. The molecule has 1 fully saturated rings. The summed E-state index contributed by atoms with van der Waals surface area (Å²) in [6.07, 6.45) is 1.54. The van der Waals surface area contributed by atoms with Gasteiger partial charge in [-0.2, -0.15) is 0 Å². The van der Waals surface area contributed by atoms with Crippen molar-refractivity contribution < 1.29 is 14.3 Å². The van der Waals surface area contributed by atoms with Gasteiger partial charge in [-0.05, 0) is 86.7 Å². The second kappa shape index (κ2) is 8.44. The maximum absolute atomic E-state index is 12.0. The molecular weight excluding hydrogens is 578 g/mol.